The Bertz CT molecular complexity index is 612. The second-order valence-corrected chi connectivity index (χ2v) is 5.89. The molecule has 2 aromatic rings. The maximum absolute atomic E-state index is 12.0. The van der Waals surface area contributed by atoms with Gasteiger partial charge in [0.15, 0.2) is 0 Å². The normalized spacial score (nSPS) is 22.3. The lowest BCUT2D eigenvalue weighted by Crippen LogP contribution is -2.38. The number of para-hydroxylation sites is 1. The average molecular weight is 286 g/mol. The van der Waals surface area contributed by atoms with Crippen molar-refractivity contribution in [3.8, 4) is 0 Å². The van der Waals surface area contributed by atoms with Crippen LogP contribution < -0.4 is 5.32 Å². The molecule has 112 valence electrons. The number of aryl methyl sites for hydroxylation is 1. The summed E-state index contributed by atoms with van der Waals surface area (Å²) in [6, 6.07) is 10.5. The van der Waals surface area contributed by atoms with Gasteiger partial charge in [0.05, 0.1) is 6.10 Å². The summed E-state index contributed by atoms with van der Waals surface area (Å²) in [6.45, 7) is 0.703. The largest absolute Gasteiger partial charge is 0.393 e. The fourth-order valence-corrected chi connectivity index (χ4v) is 3.08. The lowest BCUT2D eigenvalue weighted by molar-refractivity contribution is -0.122. The van der Waals surface area contributed by atoms with Crippen LogP contribution in [-0.2, 0) is 11.3 Å². The predicted molar refractivity (Wildman–Crippen MR) is 83.0 cm³/mol. The van der Waals surface area contributed by atoms with Gasteiger partial charge in [-0.15, -0.1) is 0 Å². The molecule has 1 saturated carbocycles. The van der Waals surface area contributed by atoms with Gasteiger partial charge >= 0.3 is 0 Å². The summed E-state index contributed by atoms with van der Waals surface area (Å²) in [5, 5.41) is 13.8. The third-order valence-corrected chi connectivity index (χ3v) is 4.32. The van der Waals surface area contributed by atoms with Crippen molar-refractivity contribution in [2.75, 3.05) is 0 Å². The standard InChI is InChI=1S/C17H22N2O2/c20-15-7-5-14(6-8-15)18-17(21)10-12-19-11-9-13-3-1-2-4-16(13)19/h1-4,9,11,14-15,20H,5-8,10,12H2,(H,18,21). The average Bonchev–Trinajstić information content (AvgIpc) is 2.91. The first-order chi connectivity index (χ1) is 10.2. The lowest BCUT2D eigenvalue weighted by Gasteiger charge is -2.26. The second kappa shape index (κ2) is 6.31. The minimum absolute atomic E-state index is 0.106. The molecule has 1 fully saturated rings. The van der Waals surface area contributed by atoms with Crippen LogP contribution in [0.2, 0.25) is 0 Å². The molecule has 1 aromatic carbocycles. The Kier molecular flexibility index (Phi) is 4.25. The summed E-state index contributed by atoms with van der Waals surface area (Å²) in [5.41, 5.74) is 1.17. The Morgan fingerprint density at radius 2 is 1.95 bits per heavy atom. The minimum atomic E-state index is -0.176. The maximum Gasteiger partial charge on any atom is 0.222 e. The first-order valence-corrected chi connectivity index (χ1v) is 7.73. The second-order valence-electron chi connectivity index (χ2n) is 5.89. The number of hydrogen-bond donors (Lipinski definition) is 2. The van der Waals surface area contributed by atoms with Gasteiger partial charge < -0.3 is 15.0 Å². The minimum Gasteiger partial charge on any atom is -0.393 e. The van der Waals surface area contributed by atoms with E-state index in [1.54, 1.807) is 0 Å². The van der Waals surface area contributed by atoms with Gasteiger partial charge in [-0.25, -0.2) is 0 Å². The van der Waals surface area contributed by atoms with E-state index in [0.717, 1.165) is 25.7 Å². The summed E-state index contributed by atoms with van der Waals surface area (Å²) >= 11 is 0. The van der Waals surface area contributed by atoms with Gasteiger partial charge in [0, 0.05) is 30.7 Å². The number of aromatic nitrogens is 1. The van der Waals surface area contributed by atoms with Crippen molar-refractivity contribution in [1.82, 2.24) is 9.88 Å². The number of aliphatic hydroxyl groups is 1. The highest BCUT2D eigenvalue weighted by Crippen LogP contribution is 2.19. The van der Waals surface area contributed by atoms with Crippen LogP contribution in [0.25, 0.3) is 10.9 Å². The zero-order chi connectivity index (χ0) is 14.7. The number of benzene rings is 1. The maximum atomic E-state index is 12.0. The van der Waals surface area contributed by atoms with E-state index in [1.807, 2.05) is 18.3 Å². The van der Waals surface area contributed by atoms with Crippen LogP contribution in [0.5, 0.6) is 0 Å². The van der Waals surface area contributed by atoms with Crippen molar-refractivity contribution in [3.05, 3.63) is 36.5 Å². The summed E-state index contributed by atoms with van der Waals surface area (Å²) in [7, 11) is 0. The smallest absolute Gasteiger partial charge is 0.222 e. The van der Waals surface area contributed by atoms with E-state index in [9.17, 15) is 9.90 Å². The third-order valence-electron chi connectivity index (χ3n) is 4.32. The molecule has 3 rings (SSSR count). The van der Waals surface area contributed by atoms with E-state index in [-0.39, 0.29) is 18.1 Å². The van der Waals surface area contributed by atoms with Gasteiger partial charge in [-0.1, -0.05) is 18.2 Å². The molecule has 4 heteroatoms. The highest BCUT2D eigenvalue weighted by molar-refractivity contribution is 5.80. The monoisotopic (exact) mass is 286 g/mol. The van der Waals surface area contributed by atoms with Crippen LogP contribution >= 0.6 is 0 Å². The molecule has 0 aliphatic heterocycles. The highest BCUT2D eigenvalue weighted by atomic mass is 16.3. The number of nitrogens with one attached hydrogen (secondary N) is 1. The van der Waals surface area contributed by atoms with E-state index < -0.39 is 0 Å². The first kappa shape index (κ1) is 14.1. The number of hydrogen-bond acceptors (Lipinski definition) is 2. The molecule has 0 unspecified atom stereocenters. The predicted octanol–water partition coefficient (Wildman–Crippen LogP) is 2.45. The molecular weight excluding hydrogens is 264 g/mol. The van der Waals surface area contributed by atoms with Crippen molar-refractivity contribution in [3.63, 3.8) is 0 Å². The number of fused-ring (bicyclic) bond motifs is 1. The highest BCUT2D eigenvalue weighted by Gasteiger charge is 2.20. The topological polar surface area (TPSA) is 54.3 Å². The molecule has 0 bridgehead atoms. The molecule has 1 heterocycles. The summed E-state index contributed by atoms with van der Waals surface area (Å²) in [5.74, 6) is 0.106. The molecular formula is C17H22N2O2. The fourth-order valence-electron chi connectivity index (χ4n) is 3.08. The van der Waals surface area contributed by atoms with Crippen molar-refractivity contribution in [2.45, 2.75) is 50.8 Å². The first-order valence-electron chi connectivity index (χ1n) is 7.73. The van der Waals surface area contributed by atoms with Crippen molar-refractivity contribution in [2.24, 2.45) is 0 Å². The molecule has 0 spiro atoms. The van der Waals surface area contributed by atoms with Crippen LogP contribution in [0.3, 0.4) is 0 Å². The number of nitrogens with zero attached hydrogens (tertiary/aromatic N) is 1. The molecule has 1 amide bonds. The van der Waals surface area contributed by atoms with Gasteiger partial charge in [-0.3, -0.25) is 4.79 Å². The fraction of sp³-hybridized carbons (Fsp3) is 0.471. The Hall–Kier alpha value is -1.81. The quantitative estimate of drug-likeness (QED) is 0.907. The molecule has 0 atom stereocenters. The van der Waals surface area contributed by atoms with E-state index >= 15 is 0 Å². The summed E-state index contributed by atoms with van der Waals surface area (Å²) in [6.07, 6.45) is 5.73. The van der Waals surface area contributed by atoms with Crippen LogP contribution in [0.1, 0.15) is 32.1 Å². The number of aliphatic hydroxyl groups excluding tert-OH is 1. The molecule has 2 N–H and O–H groups in total. The Balaban J connectivity index is 1.52. The molecule has 4 nitrogen and oxygen atoms in total. The zero-order valence-corrected chi connectivity index (χ0v) is 12.2. The van der Waals surface area contributed by atoms with Crippen LogP contribution in [-0.4, -0.2) is 27.7 Å². The van der Waals surface area contributed by atoms with Gasteiger partial charge in [-0.05, 0) is 43.2 Å². The Morgan fingerprint density at radius 1 is 1.19 bits per heavy atom. The number of carbonyl (C=O) groups excluding carboxylic acids is 1. The van der Waals surface area contributed by atoms with Crippen molar-refractivity contribution >= 4 is 16.8 Å². The molecule has 1 aromatic heterocycles. The lowest BCUT2D eigenvalue weighted by atomic mass is 9.93. The summed E-state index contributed by atoms with van der Waals surface area (Å²) in [4.78, 5) is 12.0. The number of amides is 1. The SMILES string of the molecule is O=C(CCn1ccc2ccccc21)NC1CCC(O)CC1. The van der Waals surface area contributed by atoms with Crippen molar-refractivity contribution in [1.29, 1.82) is 0 Å². The van der Waals surface area contributed by atoms with Crippen LogP contribution in [0.15, 0.2) is 36.5 Å². The number of rotatable bonds is 4. The molecule has 21 heavy (non-hydrogen) atoms. The van der Waals surface area contributed by atoms with E-state index in [2.05, 4.69) is 28.1 Å². The van der Waals surface area contributed by atoms with Gasteiger partial charge in [0.1, 0.15) is 0 Å². The zero-order valence-electron chi connectivity index (χ0n) is 12.2. The molecule has 1 aliphatic carbocycles. The number of carbonyl (C=O) groups is 1. The summed E-state index contributed by atoms with van der Waals surface area (Å²) < 4.78 is 2.12. The van der Waals surface area contributed by atoms with Gasteiger partial charge in [0.25, 0.3) is 0 Å². The Labute approximate surface area is 124 Å². The van der Waals surface area contributed by atoms with Gasteiger partial charge in [-0.2, -0.15) is 0 Å². The molecule has 0 radical (unpaired) electrons. The van der Waals surface area contributed by atoms with Gasteiger partial charge in [0.2, 0.25) is 5.91 Å². The van der Waals surface area contributed by atoms with Crippen molar-refractivity contribution < 1.29 is 9.90 Å². The van der Waals surface area contributed by atoms with Crippen LogP contribution in [0, 0.1) is 0 Å². The van der Waals surface area contributed by atoms with Crippen LogP contribution in [0.4, 0.5) is 0 Å². The molecule has 0 saturated heterocycles. The van der Waals surface area contributed by atoms with E-state index in [4.69, 9.17) is 0 Å². The Morgan fingerprint density at radius 3 is 2.76 bits per heavy atom. The van der Waals surface area contributed by atoms with E-state index in [1.165, 1.54) is 10.9 Å². The molecule has 1 aliphatic rings. The van der Waals surface area contributed by atoms with E-state index in [0.29, 0.717) is 13.0 Å². The third kappa shape index (κ3) is 3.45.